The first kappa shape index (κ1) is 17.3. The third-order valence-electron chi connectivity index (χ3n) is 5.04. The average Bonchev–Trinajstić information content (AvgIpc) is 2.50. The minimum atomic E-state index is -0.503. The topological polar surface area (TPSA) is 32.7 Å². The van der Waals surface area contributed by atoms with Gasteiger partial charge in [0, 0.05) is 24.2 Å². The summed E-state index contributed by atoms with van der Waals surface area (Å²) in [5.74, 6) is 1.24. The number of methoxy groups -OCH3 is 1. The van der Waals surface area contributed by atoms with Crippen LogP contribution in [0.3, 0.4) is 0 Å². The number of benzene rings is 1. The van der Waals surface area contributed by atoms with E-state index in [-0.39, 0.29) is 0 Å². The van der Waals surface area contributed by atoms with Crippen LogP contribution in [-0.2, 0) is 0 Å². The van der Waals surface area contributed by atoms with Crippen molar-refractivity contribution in [3.05, 3.63) is 29.3 Å². The Labute approximate surface area is 135 Å². The lowest BCUT2D eigenvalue weighted by atomic mass is 9.94. The van der Waals surface area contributed by atoms with E-state index in [2.05, 4.69) is 44.7 Å². The van der Waals surface area contributed by atoms with Crippen LogP contribution >= 0.6 is 0 Å². The van der Waals surface area contributed by atoms with Crippen molar-refractivity contribution in [3.8, 4) is 5.75 Å². The Morgan fingerprint density at radius 3 is 2.41 bits per heavy atom. The van der Waals surface area contributed by atoms with E-state index in [9.17, 15) is 5.11 Å². The van der Waals surface area contributed by atoms with Crippen molar-refractivity contribution in [2.75, 3.05) is 13.7 Å². The van der Waals surface area contributed by atoms with E-state index >= 15 is 0 Å². The zero-order chi connectivity index (χ0) is 16.3. The van der Waals surface area contributed by atoms with Crippen molar-refractivity contribution in [1.82, 2.24) is 4.90 Å². The number of rotatable bonds is 5. The first-order valence-electron chi connectivity index (χ1n) is 8.55. The normalized spacial score (nSPS) is 24.5. The lowest BCUT2D eigenvalue weighted by molar-refractivity contribution is 0.0402. The van der Waals surface area contributed by atoms with Crippen molar-refractivity contribution in [2.45, 2.75) is 71.1 Å². The van der Waals surface area contributed by atoms with Crippen LogP contribution < -0.4 is 4.74 Å². The summed E-state index contributed by atoms with van der Waals surface area (Å²) in [5, 5.41) is 10.8. The number of β-amino-alcohol motifs (C(OH)–C–C–N with tert-alkyl or cyclic N) is 1. The summed E-state index contributed by atoms with van der Waals surface area (Å²) in [6, 6.07) is 7.26. The van der Waals surface area contributed by atoms with Gasteiger partial charge < -0.3 is 9.84 Å². The van der Waals surface area contributed by atoms with Crippen LogP contribution in [0, 0.1) is 0 Å². The second-order valence-electron chi connectivity index (χ2n) is 7.00. The van der Waals surface area contributed by atoms with E-state index in [1.807, 2.05) is 6.07 Å². The van der Waals surface area contributed by atoms with E-state index < -0.39 is 6.10 Å². The maximum Gasteiger partial charge on any atom is 0.124 e. The Morgan fingerprint density at radius 2 is 1.86 bits per heavy atom. The predicted octanol–water partition coefficient (Wildman–Crippen LogP) is 4.11. The van der Waals surface area contributed by atoms with Crippen molar-refractivity contribution < 1.29 is 9.84 Å². The SMILES string of the molecule is COc1ccc(C(C)C)cc1C(O)CN1C(C)CCCC1C. The van der Waals surface area contributed by atoms with Gasteiger partial charge in [0.2, 0.25) is 0 Å². The van der Waals surface area contributed by atoms with Gasteiger partial charge in [0.15, 0.2) is 0 Å². The lowest BCUT2D eigenvalue weighted by Gasteiger charge is -2.40. The molecule has 1 aromatic rings. The van der Waals surface area contributed by atoms with Gasteiger partial charge in [-0.15, -0.1) is 0 Å². The molecular weight excluding hydrogens is 274 g/mol. The molecule has 0 bridgehead atoms. The summed E-state index contributed by atoms with van der Waals surface area (Å²) in [7, 11) is 1.67. The predicted molar refractivity (Wildman–Crippen MR) is 91.5 cm³/mol. The first-order chi connectivity index (χ1) is 10.4. The molecule has 0 aliphatic carbocycles. The maximum atomic E-state index is 10.8. The van der Waals surface area contributed by atoms with Crippen LogP contribution in [0.25, 0.3) is 0 Å². The molecule has 124 valence electrons. The average molecular weight is 305 g/mol. The van der Waals surface area contributed by atoms with Gasteiger partial charge in [-0.05, 0) is 50.3 Å². The summed E-state index contributed by atoms with van der Waals surface area (Å²) < 4.78 is 5.47. The standard InChI is InChI=1S/C19H31NO2/c1-13(2)16-9-10-19(22-5)17(11-16)18(21)12-20-14(3)7-6-8-15(20)4/h9-11,13-15,18,21H,6-8,12H2,1-5H3. The van der Waals surface area contributed by atoms with Gasteiger partial charge in [0.1, 0.15) is 5.75 Å². The molecule has 1 heterocycles. The van der Waals surface area contributed by atoms with Gasteiger partial charge in [0.05, 0.1) is 13.2 Å². The zero-order valence-electron chi connectivity index (χ0n) is 14.7. The quantitative estimate of drug-likeness (QED) is 0.888. The molecule has 3 atom stereocenters. The smallest absolute Gasteiger partial charge is 0.124 e. The van der Waals surface area contributed by atoms with Crippen LogP contribution in [0.5, 0.6) is 5.75 Å². The molecule has 1 N–H and O–H groups in total. The number of piperidine rings is 1. The van der Waals surface area contributed by atoms with Gasteiger partial charge in [-0.25, -0.2) is 0 Å². The molecule has 1 aliphatic rings. The molecule has 0 saturated carbocycles. The van der Waals surface area contributed by atoms with Crippen LogP contribution in [0.15, 0.2) is 18.2 Å². The number of ether oxygens (including phenoxy) is 1. The monoisotopic (exact) mass is 305 g/mol. The van der Waals surface area contributed by atoms with Crippen molar-refractivity contribution >= 4 is 0 Å². The van der Waals surface area contributed by atoms with Gasteiger partial charge in [-0.1, -0.05) is 26.3 Å². The van der Waals surface area contributed by atoms with Crippen LogP contribution in [0.2, 0.25) is 0 Å². The summed E-state index contributed by atoms with van der Waals surface area (Å²) >= 11 is 0. The van der Waals surface area contributed by atoms with Gasteiger partial charge in [-0.2, -0.15) is 0 Å². The second-order valence-corrected chi connectivity index (χ2v) is 7.00. The third kappa shape index (κ3) is 3.82. The van der Waals surface area contributed by atoms with Gasteiger partial charge in [0.25, 0.3) is 0 Å². The number of aliphatic hydroxyl groups excluding tert-OH is 1. The van der Waals surface area contributed by atoms with E-state index in [1.165, 1.54) is 24.8 Å². The van der Waals surface area contributed by atoms with Crippen LogP contribution in [0.1, 0.15) is 70.1 Å². The molecule has 1 fully saturated rings. The molecule has 3 heteroatoms. The molecule has 22 heavy (non-hydrogen) atoms. The number of hydrogen-bond donors (Lipinski definition) is 1. The minimum absolute atomic E-state index is 0.449. The Bertz CT molecular complexity index is 476. The van der Waals surface area contributed by atoms with Crippen molar-refractivity contribution in [3.63, 3.8) is 0 Å². The third-order valence-corrected chi connectivity index (χ3v) is 5.04. The molecular formula is C19H31NO2. The second kappa shape index (κ2) is 7.47. The minimum Gasteiger partial charge on any atom is -0.496 e. The van der Waals surface area contributed by atoms with Crippen LogP contribution in [-0.4, -0.2) is 35.7 Å². The highest BCUT2D eigenvalue weighted by Crippen LogP contribution is 2.32. The molecule has 1 saturated heterocycles. The lowest BCUT2D eigenvalue weighted by Crippen LogP contribution is -2.45. The Kier molecular flexibility index (Phi) is 5.87. The van der Waals surface area contributed by atoms with E-state index in [0.717, 1.165) is 11.3 Å². The maximum absolute atomic E-state index is 10.8. The molecule has 3 unspecified atom stereocenters. The molecule has 0 spiro atoms. The van der Waals surface area contributed by atoms with Crippen LogP contribution in [0.4, 0.5) is 0 Å². The number of hydrogen-bond acceptors (Lipinski definition) is 3. The fraction of sp³-hybridized carbons (Fsp3) is 0.684. The van der Waals surface area contributed by atoms with Gasteiger partial charge in [-0.3, -0.25) is 4.90 Å². The van der Waals surface area contributed by atoms with E-state index in [4.69, 9.17) is 4.74 Å². The Hall–Kier alpha value is -1.06. The molecule has 3 nitrogen and oxygen atoms in total. The van der Waals surface area contributed by atoms with E-state index in [0.29, 0.717) is 24.5 Å². The molecule has 1 aliphatic heterocycles. The Balaban J connectivity index is 2.20. The molecule has 1 aromatic carbocycles. The summed E-state index contributed by atoms with van der Waals surface area (Å²) in [6.07, 6.45) is 3.23. The fourth-order valence-corrected chi connectivity index (χ4v) is 3.51. The summed E-state index contributed by atoms with van der Waals surface area (Å²) in [4.78, 5) is 2.44. The Morgan fingerprint density at radius 1 is 1.23 bits per heavy atom. The van der Waals surface area contributed by atoms with Crippen molar-refractivity contribution in [2.24, 2.45) is 0 Å². The number of nitrogens with zero attached hydrogens (tertiary/aromatic N) is 1. The molecule has 0 amide bonds. The van der Waals surface area contributed by atoms with Gasteiger partial charge >= 0.3 is 0 Å². The fourth-order valence-electron chi connectivity index (χ4n) is 3.51. The zero-order valence-corrected chi connectivity index (χ0v) is 14.7. The highest BCUT2D eigenvalue weighted by atomic mass is 16.5. The molecule has 2 rings (SSSR count). The van der Waals surface area contributed by atoms with E-state index in [1.54, 1.807) is 7.11 Å². The number of aliphatic hydroxyl groups is 1. The largest absolute Gasteiger partial charge is 0.496 e. The highest BCUT2D eigenvalue weighted by molar-refractivity contribution is 5.40. The molecule has 0 radical (unpaired) electrons. The van der Waals surface area contributed by atoms with Crippen molar-refractivity contribution in [1.29, 1.82) is 0 Å². The summed E-state index contributed by atoms with van der Waals surface area (Å²) in [5.41, 5.74) is 2.16. The number of likely N-dealkylation sites (tertiary alicyclic amines) is 1. The molecule has 0 aromatic heterocycles. The highest BCUT2D eigenvalue weighted by Gasteiger charge is 2.28. The first-order valence-corrected chi connectivity index (χ1v) is 8.55. The summed E-state index contributed by atoms with van der Waals surface area (Å²) in [6.45, 7) is 9.56.